The highest BCUT2D eigenvalue weighted by Crippen LogP contribution is 2.54. The molecule has 0 bridgehead atoms. The number of hydrogen-bond donors (Lipinski definition) is 0. The van der Waals surface area contributed by atoms with Gasteiger partial charge in [-0.3, -0.25) is 0 Å². The van der Waals surface area contributed by atoms with Gasteiger partial charge in [-0.1, -0.05) is 54.6 Å². The van der Waals surface area contributed by atoms with Crippen LogP contribution in [-0.4, -0.2) is 6.16 Å². The van der Waals surface area contributed by atoms with E-state index in [1.807, 2.05) is 0 Å². The van der Waals surface area contributed by atoms with Gasteiger partial charge in [0.1, 0.15) is 23.2 Å². The normalized spacial score (nSPS) is 10.3. The standard InChI is InChI=1S/C20H20P.HI.H3P/c1-2-21(18-12-6-3-7-13-18,19-14-8-4-9-15-19)20-16-10-5-11-17-20;;/h3-17H,2H2,1H3;1H;1H3/q+1;;. The summed E-state index contributed by atoms with van der Waals surface area (Å²) < 4.78 is 0. The second-order valence-corrected chi connectivity index (χ2v) is 8.93. The Morgan fingerprint density at radius 3 is 1.04 bits per heavy atom. The van der Waals surface area contributed by atoms with Crippen LogP contribution in [0, 0.1) is 0 Å². The molecule has 0 nitrogen and oxygen atoms in total. The largest absolute Gasteiger partial charge is 0.153 e. The van der Waals surface area contributed by atoms with Gasteiger partial charge in [0.05, 0.1) is 6.16 Å². The number of hydrogen-bond acceptors (Lipinski definition) is 0. The van der Waals surface area contributed by atoms with Crippen LogP contribution in [0.2, 0.25) is 0 Å². The molecule has 0 amide bonds. The second-order valence-electron chi connectivity index (χ2n) is 5.13. The van der Waals surface area contributed by atoms with E-state index in [1.165, 1.54) is 15.9 Å². The van der Waals surface area contributed by atoms with Gasteiger partial charge in [-0.2, -0.15) is 9.90 Å². The lowest BCUT2D eigenvalue weighted by Gasteiger charge is -2.26. The second kappa shape index (κ2) is 9.52. The van der Waals surface area contributed by atoms with Crippen molar-refractivity contribution in [1.82, 2.24) is 0 Å². The third-order valence-corrected chi connectivity index (χ3v) is 8.55. The molecule has 1 atom stereocenters. The van der Waals surface area contributed by atoms with Crippen LogP contribution in [0.1, 0.15) is 6.92 Å². The quantitative estimate of drug-likeness (QED) is 0.398. The summed E-state index contributed by atoms with van der Waals surface area (Å²) in [6.07, 6.45) is 1.14. The summed E-state index contributed by atoms with van der Waals surface area (Å²) in [5.41, 5.74) is 0. The monoisotopic (exact) mass is 453 g/mol. The van der Waals surface area contributed by atoms with E-state index in [9.17, 15) is 0 Å². The van der Waals surface area contributed by atoms with Crippen molar-refractivity contribution in [1.29, 1.82) is 0 Å². The Labute approximate surface area is 160 Å². The lowest BCUT2D eigenvalue weighted by Crippen LogP contribution is -2.32. The zero-order chi connectivity index (χ0) is 14.5. The molecule has 3 aromatic rings. The van der Waals surface area contributed by atoms with E-state index in [-0.39, 0.29) is 33.9 Å². The SMILES string of the molecule is CC[P+](c1ccccc1)(c1ccccc1)c1ccccc1.I.P. The van der Waals surface area contributed by atoms with Crippen LogP contribution in [0.15, 0.2) is 91.0 Å². The van der Waals surface area contributed by atoms with Crippen molar-refractivity contribution in [2.45, 2.75) is 6.92 Å². The highest BCUT2D eigenvalue weighted by molar-refractivity contribution is 14.0. The summed E-state index contributed by atoms with van der Waals surface area (Å²) >= 11 is 0. The molecule has 23 heavy (non-hydrogen) atoms. The molecule has 1 unspecified atom stereocenters. The van der Waals surface area contributed by atoms with Gasteiger partial charge in [-0.05, 0) is 43.3 Å². The van der Waals surface area contributed by atoms with Gasteiger partial charge in [0.2, 0.25) is 0 Å². The lowest BCUT2D eigenvalue weighted by molar-refractivity contribution is 1.48. The summed E-state index contributed by atoms with van der Waals surface area (Å²) in [6, 6.07) is 33.0. The van der Waals surface area contributed by atoms with Gasteiger partial charge in [-0.15, -0.1) is 24.0 Å². The Kier molecular flexibility index (Phi) is 8.40. The van der Waals surface area contributed by atoms with Gasteiger partial charge in [0.25, 0.3) is 0 Å². The molecular weight excluding hydrogens is 429 g/mol. The fourth-order valence-corrected chi connectivity index (χ4v) is 7.08. The summed E-state index contributed by atoms with van der Waals surface area (Å²) in [6.45, 7) is 2.32. The third-order valence-electron chi connectivity index (χ3n) is 4.07. The first-order valence-electron chi connectivity index (χ1n) is 7.43. The molecule has 0 radical (unpaired) electrons. The Bertz CT molecular complexity index is 588. The third kappa shape index (κ3) is 4.02. The van der Waals surface area contributed by atoms with Gasteiger partial charge < -0.3 is 0 Å². The minimum absolute atomic E-state index is 0. The topological polar surface area (TPSA) is 0 Å². The minimum Gasteiger partial charge on any atom is -0.153 e. The fourth-order valence-electron chi connectivity index (χ4n) is 3.04. The molecule has 3 rings (SSSR count). The highest BCUT2D eigenvalue weighted by Gasteiger charge is 2.43. The van der Waals surface area contributed by atoms with Crippen LogP contribution in [0.5, 0.6) is 0 Å². The molecule has 0 fully saturated rings. The van der Waals surface area contributed by atoms with E-state index >= 15 is 0 Å². The summed E-state index contributed by atoms with van der Waals surface area (Å²) in [5, 5.41) is 4.39. The van der Waals surface area contributed by atoms with Crippen LogP contribution in [-0.2, 0) is 0 Å². The van der Waals surface area contributed by atoms with Crippen molar-refractivity contribution < 1.29 is 0 Å². The molecule has 120 valence electrons. The Balaban J connectivity index is 0.00000132. The summed E-state index contributed by atoms with van der Waals surface area (Å²) in [7, 11) is -1.53. The van der Waals surface area contributed by atoms with E-state index in [0.717, 1.165) is 6.16 Å². The van der Waals surface area contributed by atoms with Crippen LogP contribution in [0.4, 0.5) is 0 Å². The van der Waals surface area contributed by atoms with Crippen molar-refractivity contribution in [2.24, 2.45) is 0 Å². The van der Waals surface area contributed by atoms with Crippen molar-refractivity contribution in [3.63, 3.8) is 0 Å². The van der Waals surface area contributed by atoms with E-state index in [0.29, 0.717) is 0 Å². The molecule has 3 heteroatoms. The number of halogens is 1. The Hall–Kier alpha value is -0.750. The molecule has 0 N–H and O–H groups in total. The van der Waals surface area contributed by atoms with Crippen LogP contribution >= 0.6 is 41.1 Å². The molecule has 0 heterocycles. The lowest BCUT2D eigenvalue weighted by atomic mass is 10.4. The molecule has 0 saturated heterocycles. The first-order chi connectivity index (χ1) is 10.4. The van der Waals surface area contributed by atoms with Crippen molar-refractivity contribution >= 4 is 57.1 Å². The molecule has 0 aliphatic carbocycles. The van der Waals surface area contributed by atoms with Crippen LogP contribution in [0.3, 0.4) is 0 Å². The van der Waals surface area contributed by atoms with Crippen LogP contribution < -0.4 is 15.9 Å². The smallest absolute Gasteiger partial charge is 0.111 e. The fraction of sp³-hybridized carbons (Fsp3) is 0.100. The van der Waals surface area contributed by atoms with Gasteiger partial charge in [0, 0.05) is 0 Å². The summed E-state index contributed by atoms with van der Waals surface area (Å²) in [4.78, 5) is 0. The first kappa shape index (κ1) is 20.3. The molecule has 0 aromatic heterocycles. The zero-order valence-electron chi connectivity index (χ0n) is 13.4. The Morgan fingerprint density at radius 1 is 0.565 bits per heavy atom. The molecule has 0 aliphatic heterocycles. The molecule has 0 aliphatic rings. The summed E-state index contributed by atoms with van der Waals surface area (Å²) in [5.74, 6) is 0. The zero-order valence-corrected chi connectivity index (χ0v) is 18.1. The van der Waals surface area contributed by atoms with Crippen molar-refractivity contribution in [3.8, 4) is 0 Å². The van der Waals surface area contributed by atoms with Gasteiger partial charge in [0.15, 0.2) is 0 Å². The maximum Gasteiger partial charge on any atom is 0.111 e. The highest BCUT2D eigenvalue weighted by atomic mass is 127. The van der Waals surface area contributed by atoms with Crippen molar-refractivity contribution in [3.05, 3.63) is 91.0 Å². The van der Waals surface area contributed by atoms with E-state index in [4.69, 9.17) is 0 Å². The van der Waals surface area contributed by atoms with E-state index < -0.39 is 7.26 Å². The Morgan fingerprint density at radius 2 is 0.826 bits per heavy atom. The average molecular weight is 453 g/mol. The van der Waals surface area contributed by atoms with E-state index in [2.05, 4.69) is 97.9 Å². The number of rotatable bonds is 4. The molecular formula is C20H24IP2+. The molecule has 0 saturated carbocycles. The molecule has 3 aromatic carbocycles. The average Bonchev–Trinajstić information content (AvgIpc) is 2.59. The van der Waals surface area contributed by atoms with Gasteiger partial charge >= 0.3 is 0 Å². The first-order valence-corrected chi connectivity index (χ1v) is 9.40. The predicted molar refractivity (Wildman–Crippen MR) is 122 cm³/mol. The van der Waals surface area contributed by atoms with E-state index in [1.54, 1.807) is 0 Å². The predicted octanol–water partition coefficient (Wildman–Crippen LogP) is 4.68. The van der Waals surface area contributed by atoms with Crippen LogP contribution in [0.25, 0.3) is 0 Å². The maximum atomic E-state index is 2.32. The maximum absolute atomic E-state index is 2.32. The van der Waals surface area contributed by atoms with Gasteiger partial charge in [-0.25, -0.2) is 0 Å². The molecule has 0 spiro atoms. The minimum atomic E-state index is -1.53. The number of benzene rings is 3. The van der Waals surface area contributed by atoms with Crippen molar-refractivity contribution in [2.75, 3.05) is 6.16 Å².